The molecule has 0 saturated carbocycles. The summed E-state index contributed by atoms with van der Waals surface area (Å²) in [5, 5.41) is 0. The first-order valence-corrected chi connectivity index (χ1v) is 8.33. The quantitative estimate of drug-likeness (QED) is 0.554. The number of rotatable bonds is 8. The molecule has 4 heteroatoms. The van der Waals surface area contributed by atoms with Gasteiger partial charge in [0.2, 0.25) is 0 Å². The first-order chi connectivity index (χ1) is 10.2. The minimum atomic E-state index is 0. The Morgan fingerprint density at radius 3 is 2.22 bits per heavy atom. The fourth-order valence-corrected chi connectivity index (χ4v) is 3.32. The lowest BCUT2D eigenvalue weighted by atomic mass is 9.71. The van der Waals surface area contributed by atoms with Gasteiger partial charge in [0, 0.05) is 0 Å². The molecule has 0 spiro atoms. The highest BCUT2D eigenvalue weighted by atomic mass is 35.5. The van der Waals surface area contributed by atoms with E-state index in [-0.39, 0.29) is 17.8 Å². The Morgan fingerprint density at radius 1 is 1.04 bits per heavy atom. The third-order valence-corrected chi connectivity index (χ3v) is 3.65. The molecule has 0 saturated heterocycles. The predicted octanol–water partition coefficient (Wildman–Crippen LogP) is 0.607. The van der Waals surface area contributed by atoms with Crippen LogP contribution in [0.2, 0.25) is 0 Å². The van der Waals surface area contributed by atoms with Gasteiger partial charge in [0.25, 0.3) is 0 Å². The van der Waals surface area contributed by atoms with Gasteiger partial charge in [0.15, 0.2) is 0 Å². The van der Waals surface area contributed by atoms with Crippen molar-refractivity contribution in [2.24, 2.45) is 5.41 Å². The topological polar surface area (TPSA) is 35.1 Å². The van der Waals surface area contributed by atoms with Crippen LogP contribution in [0.5, 0.6) is 5.75 Å². The molecule has 0 aliphatic rings. The van der Waals surface area contributed by atoms with E-state index in [9.17, 15) is 0 Å². The Hall–Kier alpha value is -0.770. The Kier molecular flexibility index (Phi) is 9.19. The van der Waals surface area contributed by atoms with Crippen LogP contribution in [-0.2, 0) is 10.3 Å². The molecule has 0 aromatic heterocycles. The average Bonchev–Trinajstić information content (AvgIpc) is 2.35. The standard InChI is InChI=1S/C19H33NO2.ClH/c1-8-20-22-12-11-21-16-9-10-17(15(2)13-16)19(6,7)14-18(3,4)5;/h9-10,13,20H,8,11-12,14H2,1-7H3;1H. The molecule has 2 N–H and O–H groups in total. The fraction of sp³-hybridized carbons (Fsp3) is 0.684. The Morgan fingerprint density at radius 2 is 1.70 bits per heavy atom. The molecule has 0 atom stereocenters. The number of hydrogen-bond donors (Lipinski definition) is 1. The summed E-state index contributed by atoms with van der Waals surface area (Å²) in [5.74, 6) is 0.924. The van der Waals surface area contributed by atoms with Crippen LogP contribution in [0.25, 0.3) is 0 Å². The first-order valence-electron chi connectivity index (χ1n) is 8.33. The molecule has 0 fully saturated rings. The summed E-state index contributed by atoms with van der Waals surface area (Å²) >= 11 is 0. The lowest BCUT2D eigenvalue weighted by molar-refractivity contribution is -0.894. The molecule has 0 bridgehead atoms. The number of nitrogens with two attached hydrogens (primary N) is 1. The van der Waals surface area contributed by atoms with E-state index in [1.807, 2.05) is 5.48 Å². The maximum atomic E-state index is 5.76. The molecule has 0 radical (unpaired) electrons. The Balaban J connectivity index is 0.00000484. The fourth-order valence-electron chi connectivity index (χ4n) is 3.32. The first kappa shape index (κ1) is 22.2. The minimum absolute atomic E-state index is 0. The van der Waals surface area contributed by atoms with Crippen molar-refractivity contribution in [1.29, 1.82) is 0 Å². The van der Waals surface area contributed by atoms with Crippen molar-refractivity contribution < 1.29 is 27.5 Å². The number of quaternary nitrogens is 1. The van der Waals surface area contributed by atoms with Crippen LogP contribution >= 0.6 is 0 Å². The van der Waals surface area contributed by atoms with E-state index < -0.39 is 0 Å². The van der Waals surface area contributed by atoms with E-state index in [2.05, 4.69) is 66.7 Å². The van der Waals surface area contributed by atoms with E-state index >= 15 is 0 Å². The number of halogens is 1. The van der Waals surface area contributed by atoms with Gasteiger partial charge in [-0.3, -0.25) is 0 Å². The molecule has 0 aliphatic heterocycles. The molecule has 0 heterocycles. The number of benzene rings is 1. The van der Waals surface area contributed by atoms with Crippen molar-refractivity contribution in [3.63, 3.8) is 0 Å². The molecule has 23 heavy (non-hydrogen) atoms. The molecule has 0 aliphatic carbocycles. The molecule has 3 nitrogen and oxygen atoms in total. The highest BCUT2D eigenvalue weighted by Crippen LogP contribution is 2.38. The van der Waals surface area contributed by atoms with E-state index in [0.29, 0.717) is 18.6 Å². The van der Waals surface area contributed by atoms with Crippen LogP contribution in [-0.4, -0.2) is 19.8 Å². The summed E-state index contributed by atoms with van der Waals surface area (Å²) in [4.78, 5) is 5.32. The Bertz CT molecular complexity index is 467. The summed E-state index contributed by atoms with van der Waals surface area (Å²) in [5.41, 5.74) is 5.00. The maximum absolute atomic E-state index is 5.76. The smallest absolute Gasteiger partial charge is 0.140 e. The van der Waals surface area contributed by atoms with Crippen molar-refractivity contribution in [2.45, 2.75) is 60.3 Å². The van der Waals surface area contributed by atoms with Crippen LogP contribution in [0.15, 0.2) is 18.2 Å². The van der Waals surface area contributed by atoms with Crippen LogP contribution in [0.1, 0.15) is 59.1 Å². The van der Waals surface area contributed by atoms with Crippen LogP contribution in [0.4, 0.5) is 0 Å². The van der Waals surface area contributed by atoms with Crippen LogP contribution in [0, 0.1) is 12.3 Å². The molecular formula is C19H34ClNO2. The van der Waals surface area contributed by atoms with Crippen LogP contribution in [0.3, 0.4) is 0 Å². The van der Waals surface area contributed by atoms with Crippen molar-refractivity contribution in [3.8, 4) is 5.75 Å². The molecule has 1 aromatic rings. The van der Waals surface area contributed by atoms with Gasteiger partial charge in [-0.25, -0.2) is 10.3 Å². The van der Waals surface area contributed by atoms with Crippen molar-refractivity contribution in [1.82, 2.24) is 0 Å². The number of hydrogen-bond acceptors (Lipinski definition) is 2. The lowest BCUT2D eigenvalue weighted by Crippen LogP contribution is -3.00. The largest absolute Gasteiger partial charge is 1.00 e. The number of ether oxygens (including phenoxy) is 1. The van der Waals surface area contributed by atoms with Gasteiger partial charge in [0.1, 0.15) is 25.5 Å². The third-order valence-electron chi connectivity index (χ3n) is 3.65. The molecule has 0 amide bonds. The van der Waals surface area contributed by atoms with Gasteiger partial charge in [-0.2, -0.15) is 0 Å². The number of hydroxylamine groups is 1. The van der Waals surface area contributed by atoms with Gasteiger partial charge in [-0.15, -0.1) is 0 Å². The summed E-state index contributed by atoms with van der Waals surface area (Å²) in [6.07, 6.45) is 1.15. The highest BCUT2D eigenvalue weighted by Gasteiger charge is 2.28. The SMILES string of the molecule is CC[NH2+]OCCOc1ccc(C(C)(C)CC(C)(C)C)c(C)c1.[Cl-]. The van der Waals surface area contributed by atoms with Crippen LogP contribution < -0.4 is 22.6 Å². The number of aryl methyl sites for hydroxylation is 1. The van der Waals surface area contributed by atoms with E-state index in [4.69, 9.17) is 9.57 Å². The molecule has 0 unspecified atom stereocenters. The second kappa shape index (κ2) is 9.51. The van der Waals surface area contributed by atoms with Gasteiger partial charge < -0.3 is 17.1 Å². The van der Waals surface area contributed by atoms with E-state index in [0.717, 1.165) is 18.7 Å². The van der Waals surface area contributed by atoms with Crippen molar-refractivity contribution in [3.05, 3.63) is 29.3 Å². The lowest BCUT2D eigenvalue weighted by Gasteiger charge is -2.34. The van der Waals surface area contributed by atoms with E-state index in [1.165, 1.54) is 11.1 Å². The summed E-state index contributed by atoms with van der Waals surface area (Å²) < 4.78 is 5.76. The average molecular weight is 344 g/mol. The second-order valence-electron chi connectivity index (χ2n) is 7.89. The summed E-state index contributed by atoms with van der Waals surface area (Å²) in [7, 11) is 0. The van der Waals surface area contributed by atoms with Crippen molar-refractivity contribution >= 4 is 0 Å². The molecule has 1 aromatic carbocycles. The zero-order valence-electron chi connectivity index (χ0n) is 15.8. The van der Waals surface area contributed by atoms with Gasteiger partial charge in [-0.05, 0) is 54.4 Å². The zero-order chi connectivity index (χ0) is 16.8. The monoisotopic (exact) mass is 343 g/mol. The Labute approximate surface area is 148 Å². The van der Waals surface area contributed by atoms with Gasteiger partial charge >= 0.3 is 0 Å². The highest BCUT2D eigenvalue weighted by molar-refractivity contribution is 5.39. The van der Waals surface area contributed by atoms with Gasteiger partial charge in [-0.1, -0.05) is 40.7 Å². The molecular weight excluding hydrogens is 310 g/mol. The third kappa shape index (κ3) is 8.05. The molecule has 134 valence electrons. The van der Waals surface area contributed by atoms with E-state index in [1.54, 1.807) is 0 Å². The normalized spacial score (nSPS) is 12.0. The predicted molar refractivity (Wildman–Crippen MR) is 92.2 cm³/mol. The zero-order valence-corrected chi connectivity index (χ0v) is 16.6. The van der Waals surface area contributed by atoms with Crippen molar-refractivity contribution in [2.75, 3.05) is 19.8 Å². The molecule has 1 rings (SSSR count). The summed E-state index contributed by atoms with van der Waals surface area (Å²) in [6, 6.07) is 6.44. The van der Waals surface area contributed by atoms with Gasteiger partial charge in [0.05, 0.1) is 0 Å². The maximum Gasteiger partial charge on any atom is 0.140 e. The second-order valence-corrected chi connectivity index (χ2v) is 7.89. The summed E-state index contributed by atoms with van der Waals surface area (Å²) in [6.45, 7) is 17.9. The minimum Gasteiger partial charge on any atom is -1.00 e.